The van der Waals surface area contributed by atoms with Crippen LogP contribution >= 0.6 is 0 Å². The summed E-state index contributed by atoms with van der Waals surface area (Å²) >= 11 is 0. The highest BCUT2D eigenvalue weighted by Gasteiger charge is 2.33. The number of carbonyl (C=O) groups is 2. The number of hydrogen-bond donors (Lipinski definition) is 2. The molecule has 0 aliphatic heterocycles. The Balaban J connectivity index is 1.89. The molecule has 0 fully saturated rings. The highest BCUT2D eigenvalue weighted by atomic mass is 16.5. The van der Waals surface area contributed by atoms with Crippen LogP contribution in [0.5, 0.6) is 5.75 Å². The maximum atomic E-state index is 13.2. The van der Waals surface area contributed by atoms with Gasteiger partial charge in [0.05, 0.1) is 5.56 Å². The van der Waals surface area contributed by atoms with Crippen molar-refractivity contribution in [1.82, 2.24) is 5.32 Å². The van der Waals surface area contributed by atoms with Crippen LogP contribution < -0.4 is 10.1 Å². The predicted octanol–water partition coefficient (Wildman–Crippen LogP) is 5.75. The van der Waals surface area contributed by atoms with Gasteiger partial charge in [-0.3, -0.25) is 4.79 Å². The molecule has 0 aromatic heterocycles. The van der Waals surface area contributed by atoms with Crippen LogP contribution in [0.4, 0.5) is 0 Å². The molecule has 5 heteroatoms. The van der Waals surface area contributed by atoms with Crippen molar-refractivity contribution in [3.63, 3.8) is 0 Å². The summed E-state index contributed by atoms with van der Waals surface area (Å²) < 4.78 is 6.24. The first-order valence-corrected chi connectivity index (χ1v) is 11.1. The van der Waals surface area contributed by atoms with Gasteiger partial charge in [-0.1, -0.05) is 69.3 Å². The van der Waals surface area contributed by atoms with E-state index in [9.17, 15) is 14.7 Å². The monoisotopic (exact) mass is 435 g/mol. The number of ether oxygens (including phenoxy) is 1. The highest BCUT2D eigenvalue weighted by molar-refractivity contribution is 6.05. The molecule has 3 rings (SSSR count). The quantitative estimate of drug-likeness (QED) is 0.543. The van der Waals surface area contributed by atoms with Crippen LogP contribution in [0.15, 0.2) is 60.2 Å². The second-order valence-corrected chi connectivity index (χ2v) is 9.74. The fraction of sp³-hybridized carbons (Fsp3) is 0.407. The molecule has 170 valence electrons. The Morgan fingerprint density at radius 3 is 2.53 bits per heavy atom. The molecule has 0 heterocycles. The number of hydrogen-bond acceptors (Lipinski definition) is 3. The van der Waals surface area contributed by atoms with Gasteiger partial charge >= 0.3 is 5.97 Å². The Bertz CT molecular complexity index is 1060. The highest BCUT2D eigenvalue weighted by Crippen LogP contribution is 2.33. The second kappa shape index (κ2) is 9.60. The Morgan fingerprint density at radius 1 is 1.22 bits per heavy atom. The van der Waals surface area contributed by atoms with Gasteiger partial charge < -0.3 is 15.2 Å². The van der Waals surface area contributed by atoms with Crippen molar-refractivity contribution in [2.45, 2.75) is 53.0 Å². The molecule has 1 aliphatic carbocycles. The third-order valence-corrected chi connectivity index (χ3v) is 6.12. The van der Waals surface area contributed by atoms with E-state index in [-0.39, 0.29) is 0 Å². The number of carboxylic acids is 1. The van der Waals surface area contributed by atoms with Gasteiger partial charge in [-0.15, -0.1) is 0 Å². The van der Waals surface area contributed by atoms with Crippen molar-refractivity contribution in [3.8, 4) is 5.75 Å². The molecule has 5 nitrogen and oxygen atoms in total. The minimum absolute atomic E-state index is 0.343. The number of rotatable bonds is 7. The lowest BCUT2D eigenvalue weighted by atomic mass is 9.86. The van der Waals surface area contributed by atoms with Gasteiger partial charge in [-0.25, -0.2) is 4.79 Å². The molecular formula is C27H33NO4. The standard InChI is InChI=1S/C27H33NO4/c1-17(2)19-12-10-18(11-13-19)16-32-23-21-9-7-6-8-20(21)14-15-22(23)25(29)28-24(26(30)31)27(3,4)5/h6-10,14-15,19,24H,1,11-13,16H2,2-5H3,(H,28,29)(H,30,31)/t19?,24-/m1/s1. The smallest absolute Gasteiger partial charge is 0.326 e. The minimum Gasteiger partial charge on any atom is -0.488 e. The molecule has 0 saturated heterocycles. The number of carboxylic acid groups (broad SMARTS) is 1. The van der Waals surface area contributed by atoms with E-state index in [2.05, 4.69) is 24.9 Å². The van der Waals surface area contributed by atoms with E-state index in [1.54, 1.807) is 26.8 Å². The molecule has 0 radical (unpaired) electrons. The fourth-order valence-electron chi connectivity index (χ4n) is 4.07. The van der Waals surface area contributed by atoms with Gasteiger partial charge in [0.15, 0.2) is 0 Å². The summed E-state index contributed by atoms with van der Waals surface area (Å²) in [4.78, 5) is 24.9. The van der Waals surface area contributed by atoms with E-state index in [0.29, 0.717) is 23.8 Å². The summed E-state index contributed by atoms with van der Waals surface area (Å²) in [7, 11) is 0. The first-order valence-electron chi connectivity index (χ1n) is 11.1. The molecule has 2 aromatic carbocycles. The maximum absolute atomic E-state index is 13.2. The summed E-state index contributed by atoms with van der Waals surface area (Å²) in [6.07, 6.45) is 5.17. The van der Waals surface area contributed by atoms with Crippen LogP contribution in [-0.2, 0) is 4.79 Å². The average Bonchev–Trinajstić information content (AvgIpc) is 2.74. The van der Waals surface area contributed by atoms with E-state index >= 15 is 0 Å². The molecular weight excluding hydrogens is 402 g/mol. The van der Waals surface area contributed by atoms with E-state index < -0.39 is 23.3 Å². The number of amides is 1. The van der Waals surface area contributed by atoms with Crippen molar-refractivity contribution in [1.29, 1.82) is 0 Å². The van der Waals surface area contributed by atoms with Crippen LogP contribution in [-0.4, -0.2) is 29.6 Å². The maximum Gasteiger partial charge on any atom is 0.326 e. The summed E-state index contributed by atoms with van der Waals surface area (Å²) in [5.74, 6) is -0.508. The van der Waals surface area contributed by atoms with Crippen LogP contribution in [0.25, 0.3) is 10.8 Å². The molecule has 0 saturated carbocycles. The molecule has 32 heavy (non-hydrogen) atoms. The zero-order valence-electron chi connectivity index (χ0n) is 19.4. The van der Waals surface area contributed by atoms with Crippen molar-refractivity contribution in [3.05, 3.63) is 65.8 Å². The zero-order chi connectivity index (χ0) is 23.5. The zero-order valence-corrected chi connectivity index (χ0v) is 19.4. The average molecular weight is 436 g/mol. The molecule has 1 amide bonds. The second-order valence-electron chi connectivity index (χ2n) is 9.74. The molecule has 2 N–H and O–H groups in total. The first-order chi connectivity index (χ1) is 15.1. The Labute approximate surface area is 190 Å². The topological polar surface area (TPSA) is 75.6 Å². The lowest BCUT2D eigenvalue weighted by Gasteiger charge is -2.28. The third kappa shape index (κ3) is 5.39. The van der Waals surface area contributed by atoms with E-state index in [4.69, 9.17) is 4.74 Å². The van der Waals surface area contributed by atoms with Crippen molar-refractivity contribution >= 4 is 22.6 Å². The summed E-state index contributed by atoms with van der Waals surface area (Å²) in [6, 6.07) is 10.3. The van der Waals surface area contributed by atoms with Crippen LogP contribution in [0.2, 0.25) is 0 Å². The van der Waals surface area contributed by atoms with Gasteiger partial charge in [-0.05, 0) is 54.5 Å². The number of fused-ring (bicyclic) bond motifs is 1. The van der Waals surface area contributed by atoms with Crippen molar-refractivity contribution in [2.75, 3.05) is 6.61 Å². The molecule has 2 atom stereocenters. The Morgan fingerprint density at radius 2 is 1.94 bits per heavy atom. The molecule has 1 unspecified atom stereocenters. The van der Waals surface area contributed by atoms with Crippen LogP contribution in [0.3, 0.4) is 0 Å². The molecule has 2 aromatic rings. The third-order valence-electron chi connectivity index (χ3n) is 6.12. The number of nitrogens with one attached hydrogen (secondary N) is 1. The lowest BCUT2D eigenvalue weighted by molar-refractivity contribution is -0.142. The molecule has 0 spiro atoms. The van der Waals surface area contributed by atoms with Gasteiger partial charge in [0.1, 0.15) is 18.4 Å². The van der Waals surface area contributed by atoms with Crippen molar-refractivity contribution < 1.29 is 19.4 Å². The van der Waals surface area contributed by atoms with E-state index in [0.717, 1.165) is 30.0 Å². The Kier molecular flexibility index (Phi) is 7.07. The predicted molar refractivity (Wildman–Crippen MR) is 128 cm³/mol. The van der Waals surface area contributed by atoms with Crippen LogP contribution in [0, 0.1) is 11.3 Å². The van der Waals surface area contributed by atoms with E-state index in [1.165, 1.54) is 11.1 Å². The fourth-order valence-corrected chi connectivity index (χ4v) is 4.07. The normalized spacial score (nSPS) is 17.4. The molecule has 1 aliphatic rings. The van der Waals surface area contributed by atoms with Gasteiger partial charge in [0.2, 0.25) is 0 Å². The SMILES string of the molecule is C=C(C)C1CC=C(COc2c(C(=O)N[C@H](C(=O)O)C(C)(C)C)ccc3ccccc23)CC1. The summed E-state index contributed by atoms with van der Waals surface area (Å²) in [6.45, 7) is 11.9. The van der Waals surface area contributed by atoms with Gasteiger partial charge in [0.25, 0.3) is 5.91 Å². The lowest BCUT2D eigenvalue weighted by Crippen LogP contribution is -2.49. The van der Waals surface area contributed by atoms with Gasteiger partial charge in [-0.2, -0.15) is 0 Å². The minimum atomic E-state index is -1.06. The first kappa shape index (κ1) is 23.6. The summed E-state index contributed by atoms with van der Waals surface area (Å²) in [5, 5.41) is 14.1. The molecule has 0 bridgehead atoms. The summed E-state index contributed by atoms with van der Waals surface area (Å²) in [5.41, 5.74) is 2.13. The van der Waals surface area contributed by atoms with Crippen molar-refractivity contribution in [2.24, 2.45) is 11.3 Å². The number of carbonyl (C=O) groups excluding carboxylic acids is 1. The van der Waals surface area contributed by atoms with Crippen LogP contribution in [0.1, 0.15) is 57.3 Å². The largest absolute Gasteiger partial charge is 0.488 e. The number of aliphatic carboxylic acids is 1. The number of allylic oxidation sites excluding steroid dienone is 2. The van der Waals surface area contributed by atoms with Gasteiger partial charge in [0, 0.05) is 5.39 Å². The number of benzene rings is 2. The Hall–Kier alpha value is -3.08. The van der Waals surface area contributed by atoms with E-state index in [1.807, 2.05) is 30.3 Å².